The highest BCUT2D eigenvalue weighted by atomic mass is 16.5. The lowest BCUT2D eigenvalue weighted by molar-refractivity contribution is 0.289. The van der Waals surface area contributed by atoms with Crippen molar-refractivity contribution < 1.29 is 9.47 Å². The molecule has 0 radical (unpaired) electrons. The fourth-order valence-electron chi connectivity index (χ4n) is 1.69. The summed E-state index contributed by atoms with van der Waals surface area (Å²) in [5.41, 5.74) is 6.85. The van der Waals surface area contributed by atoms with Crippen molar-refractivity contribution in [2.24, 2.45) is 5.73 Å². The lowest BCUT2D eigenvalue weighted by Gasteiger charge is -2.14. The maximum absolute atomic E-state index is 5.92. The lowest BCUT2D eigenvalue weighted by atomic mass is 10.1. The Morgan fingerprint density at radius 3 is 2.63 bits per heavy atom. The topological polar surface area (TPSA) is 70.3 Å². The smallest absolute Gasteiger partial charge is 0.166 e. The third-order valence-corrected chi connectivity index (χ3v) is 2.69. The van der Waals surface area contributed by atoms with Crippen molar-refractivity contribution in [3.8, 4) is 11.5 Å². The molecule has 2 rings (SSSR count). The summed E-state index contributed by atoms with van der Waals surface area (Å²) in [6.07, 6.45) is 3.37. The van der Waals surface area contributed by atoms with Crippen molar-refractivity contribution in [1.29, 1.82) is 0 Å². The number of aromatic nitrogens is 2. The van der Waals surface area contributed by atoms with Crippen LogP contribution in [-0.2, 0) is 6.61 Å². The molecule has 0 aliphatic rings. The summed E-state index contributed by atoms with van der Waals surface area (Å²) in [7, 11) is 1.62. The molecule has 1 heterocycles. The number of nitrogens with zero attached hydrogens (tertiary/aromatic N) is 2. The predicted molar refractivity (Wildman–Crippen MR) is 72.0 cm³/mol. The first kappa shape index (κ1) is 13.3. The van der Waals surface area contributed by atoms with Gasteiger partial charge in [0.05, 0.1) is 7.11 Å². The quantitative estimate of drug-likeness (QED) is 0.890. The predicted octanol–water partition coefficient (Wildman–Crippen LogP) is 2.08. The molecule has 2 aromatic rings. The third kappa shape index (κ3) is 3.42. The maximum atomic E-state index is 5.92. The van der Waals surface area contributed by atoms with Gasteiger partial charge in [0.1, 0.15) is 18.1 Å². The second-order valence-electron chi connectivity index (χ2n) is 4.15. The number of benzene rings is 1. The molecule has 0 aliphatic carbocycles. The molecule has 0 saturated carbocycles. The molecule has 0 amide bonds. The van der Waals surface area contributed by atoms with Crippen LogP contribution in [0.3, 0.4) is 0 Å². The molecule has 0 aliphatic heterocycles. The van der Waals surface area contributed by atoms with Crippen LogP contribution in [0.2, 0.25) is 0 Å². The maximum Gasteiger partial charge on any atom is 0.166 e. The minimum absolute atomic E-state index is 0.113. The van der Waals surface area contributed by atoms with E-state index in [2.05, 4.69) is 9.97 Å². The Bertz CT molecular complexity index is 529. The Labute approximate surface area is 112 Å². The first-order chi connectivity index (χ1) is 9.20. The Hall–Kier alpha value is -2.14. The van der Waals surface area contributed by atoms with E-state index in [1.165, 1.54) is 0 Å². The molecule has 100 valence electrons. The van der Waals surface area contributed by atoms with Crippen molar-refractivity contribution in [3.63, 3.8) is 0 Å². The van der Waals surface area contributed by atoms with E-state index in [0.29, 0.717) is 18.2 Å². The molecule has 2 N–H and O–H groups in total. The van der Waals surface area contributed by atoms with Crippen molar-refractivity contribution >= 4 is 0 Å². The second-order valence-corrected chi connectivity index (χ2v) is 4.15. The van der Waals surface area contributed by atoms with Gasteiger partial charge < -0.3 is 15.2 Å². The van der Waals surface area contributed by atoms with Gasteiger partial charge in [0, 0.05) is 30.1 Å². The zero-order valence-electron chi connectivity index (χ0n) is 11.0. The van der Waals surface area contributed by atoms with E-state index in [1.54, 1.807) is 25.6 Å². The fourth-order valence-corrected chi connectivity index (χ4v) is 1.69. The molecule has 5 nitrogen and oxygen atoms in total. The number of rotatable bonds is 5. The monoisotopic (exact) mass is 259 g/mol. The SMILES string of the molecule is COc1ccc([C@@H](C)N)c(OCc2ncccn2)c1. The van der Waals surface area contributed by atoms with Crippen LogP contribution in [0.5, 0.6) is 11.5 Å². The van der Waals surface area contributed by atoms with Crippen LogP contribution >= 0.6 is 0 Å². The van der Waals surface area contributed by atoms with Gasteiger partial charge in [-0.15, -0.1) is 0 Å². The van der Waals surface area contributed by atoms with Crippen LogP contribution in [0.25, 0.3) is 0 Å². The average Bonchev–Trinajstić information content (AvgIpc) is 2.45. The molecular weight excluding hydrogens is 242 g/mol. The summed E-state index contributed by atoms with van der Waals surface area (Å²) >= 11 is 0. The highest BCUT2D eigenvalue weighted by molar-refractivity contribution is 5.42. The molecule has 0 spiro atoms. The number of ether oxygens (including phenoxy) is 2. The van der Waals surface area contributed by atoms with E-state index in [0.717, 1.165) is 11.3 Å². The molecule has 5 heteroatoms. The molecule has 0 bridgehead atoms. The van der Waals surface area contributed by atoms with Crippen molar-refractivity contribution in [2.45, 2.75) is 19.6 Å². The lowest BCUT2D eigenvalue weighted by Crippen LogP contribution is -2.09. The Balaban J connectivity index is 2.18. The number of methoxy groups -OCH3 is 1. The molecule has 0 saturated heterocycles. The minimum atomic E-state index is -0.113. The Kier molecular flexibility index (Phi) is 4.30. The number of hydrogen-bond donors (Lipinski definition) is 1. The molecule has 1 aromatic carbocycles. The van der Waals surface area contributed by atoms with Gasteiger partial charge in [0.15, 0.2) is 5.82 Å². The molecule has 19 heavy (non-hydrogen) atoms. The fraction of sp³-hybridized carbons (Fsp3) is 0.286. The molecule has 1 aromatic heterocycles. The summed E-state index contributed by atoms with van der Waals surface area (Å²) in [4.78, 5) is 8.22. The highest BCUT2D eigenvalue weighted by Gasteiger charge is 2.10. The van der Waals surface area contributed by atoms with Gasteiger partial charge >= 0.3 is 0 Å². The summed E-state index contributed by atoms with van der Waals surface area (Å²) in [5, 5.41) is 0. The standard InChI is InChI=1S/C14H17N3O2/c1-10(15)12-5-4-11(18-2)8-13(12)19-9-14-16-6-3-7-17-14/h3-8,10H,9,15H2,1-2H3/t10-/m1/s1. The number of hydrogen-bond acceptors (Lipinski definition) is 5. The largest absolute Gasteiger partial charge is 0.497 e. The molecule has 0 fully saturated rings. The van der Waals surface area contributed by atoms with Gasteiger partial charge in [-0.05, 0) is 19.1 Å². The van der Waals surface area contributed by atoms with E-state index < -0.39 is 0 Å². The van der Waals surface area contributed by atoms with Crippen LogP contribution in [0.4, 0.5) is 0 Å². The summed E-state index contributed by atoms with van der Waals surface area (Å²) in [6, 6.07) is 7.25. The van der Waals surface area contributed by atoms with E-state index in [4.69, 9.17) is 15.2 Å². The molecule has 1 atom stereocenters. The van der Waals surface area contributed by atoms with Crippen LogP contribution in [0, 0.1) is 0 Å². The van der Waals surface area contributed by atoms with Gasteiger partial charge in [-0.25, -0.2) is 9.97 Å². The molecular formula is C14H17N3O2. The van der Waals surface area contributed by atoms with Crippen LogP contribution in [-0.4, -0.2) is 17.1 Å². The molecule has 0 unspecified atom stereocenters. The minimum Gasteiger partial charge on any atom is -0.497 e. The van der Waals surface area contributed by atoms with Gasteiger partial charge in [0.25, 0.3) is 0 Å². The summed E-state index contributed by atoms with van der Waals surface area (Å²) < 4.78 is 10.9. The zero-order valence-corrected chi connectivity index (χ0v) is 11.0. The van der Waals surface area contributed by atoms with Crippen molar-refractivity contribution in [1.82, 2.24) is 9.97 Å². The summed E-state index contributed by atoms with van der Waals surface area (Å²) in [6.45, 7) is 2.21. The summed E-state index contributed by atoms with van der Waals surface area (Å²) in [5.74, 6) is 2.05. The van der Waals surface area contributed by atoms with E-state index >= 15 is 0 Å². The van der Waals surface area contributed by atoms with Crippen LogP contribution in [0.15, 0.2) is 36.7 Å². The zero-order chi connectivity index (χ0) is 13.7. The van der Waals surface area contributed by atoms with E-state index in [9.17, 15) is 0 Å². The van der Waals surface area contributed by atoms with Gasteiger partial charge in [-0.3, -0.25) is 0 Å². The van der Waals surface area contributed by atoms with Gasteiger partial charge in [-0.1, -0.05) is 6.07 Å². The normalized spacial score (nSPS) is 11.9. The average molecular weight is 259 g/mol. The third-order valence-electron chi connectivity index (χ3n) is 2.69. The number of nitrogens with two attached hydrogens (primary N) is 1. The first-order valence-corrected chi connectivity index (χ1v) is 6.03. The Morgan fingerprint density at radius 2 is 2.00 bits per heavy atom. The van der Waals surface area contributed by atoms with E-state index in [-0.39, 0.29) is 6.04 Å². The second kappa shape index (κ2) is 6.15. The van der Waals surface area contributed by atoms with Crippen molar-refractivity contribution in [3.05, 3.63) is 48.0 Å². The Morgan fingerprint density at radius 1 is 1.26 bits per heavy atom. The van der Waals surface area contributed by atoms with Gasteiger partial charge in [0.2, 0.25) is 0 Å². The van der Waals surface area contributed by atoms with Crippen LogP contribution < -0.4 is 15.2 Å². The van der Waals surface area contributed by atoms with Crippen molar-refractivity contribution in [2.75, 3.05) is 7.11 Å². The van der Waals surface area contributed by atoms with Crippen LogP contribution in [0.1, 0.15) is 24.4 Å². The highest BCUT2D eigenvalue weighted by Crippen LogP contribution is 2.28. The van der Waals surface area contributed by atoms with Gasteiger partial charge in [-0.2, -0.15) is 0 Å². The first-order valence-electron chi connectivity index (χ1n) is 6.03. The van der Waals surface area contributed by atoms with E-state index in [1.807, 2.05) is 25.1 Å².